The average Bonchev–Trinajstić information content (AvgIpc) is 3.28. The standard InChI is InChI=1S/C24H23FN6O2/c1-16-3-2-4-19(13-16)29-9-11-30(12-10-29)23(32)15-22-26-27-24(33)21-14-20(28-31(21)22)17-5-7-18(25)8-6-17/h2-8,13-14H,9-12,15H2,1H3,(H,27,33). The van der Waals surface area contributed by atoms with Gasteiger partial charge < -0.3 is 9.80 Å². The predicted octanol–water partition coefficient (Wildman–Crippen LogP) is 2.42. The van der Waals surface area contributed by atoms with Crippen molar-refractivity contribution in [1.82, 2.24) is 24.7 Å². The largest absolute Gasteiger partial charge is 0.368 e. The molecule has 5 rings (SSSR count). The Morgan fingerprint density at radius 3 is 2.55 bits per heavy atom. The van der Waals surface area contributed by atoms with Gasteiger partial charge in [0.15, 0.2) is 5.82 Å². The molecule has 2 aromatic heterocycles. The minimum atomic E-state index is -0.404. The third-order valence-corrected chi connectivity index (χ3v) is 5.92. The van der Waals surface area contributed by atoms with Crippen molar-refractivity contribution in [2.75, 3.05) is 31.1 Å². The van der Waals surface area contributed by atoms with E-state index in [1.165, 1.54) is 22.2 Å². The number of H-pyrrole nitrogens is 1. The van der Waals surface area contributed by atoms with Gasteiger partial charge in [0, 0.05) is 37.4 Å². The average molecular weight is 446 g/mol. The zero-order chi connectivity index (χ0) is 22.9. The van der Waals surface area contributed by atoms with Gasteiger partial charge in [0.25, 0.3) is 5.56 Å². The summed E-state index contributed by atoms with van der Waals surface area (Å²) in [5.41, 5.74) is 3.43. The molecule has 0 aliphatic carbocycles. The van der Waals surface area contributed by atoms with Crippen LogP contribution in [0, 0.1) is 12.7 Å². The van der Waals surface area contributed by atoms with E-state index in [-0.39, 0.29) is 23.7 Å². The first-order valence-corrected chi connectivity index (χ1v) is 10.8. The van der Waals surface area contributed by atoms with Crippen molar-refractivity contribution in [3.05, 3.63) is 82.2 Å². The van der Waals surface area contributed by atoms with Crippen LogP contribution in [0.4, 0.5) is 10.1 Å². The molecule has 0 saturated carbocycles. The van der Waals surface area contributed by atoms with Gasteiger partial charge in [0.05, 0.1) is 12.1 Å². The van der Waals surface area contributed by atoms with E-state index in [4.69, 9.17) is 0 Å². The molecular weight excluding hydrogens is 423 g/mol. The highest BCUT2D eigenvalue weighted by atomic mass is 19.1. The highest BCUT2D eigenvalue weighted by Gasteiger charge is 2.23. The molecule has 0 atom stereocenters. The van der Waals surface area contributed by atoms with Gasteiger partial charge in [-0.25, -0.2) is 14.0 Å². The maximum atomic E-state index is 13.3. The molecule has 0 bridgehead atoms. The minimum Gasteiger partial charge on any atom is -0.368 e. The summed E-state index contributed by atoms with van der Waals surface area (Å²) in [7, 11) is 0. The van der Waals surface area contributed by atoms with E-state index < -0.39 is 5.56 Å². The van der Waals surface area contributed by atoms with Crippen LogP contribution in [0.3, 0.4) is 0 Å². The number of carbonyl (C=O) groups excluding carboxylic acids is 1. The Labute approximate surface area is 189 Å². The van der Waals surface area contributed by atoms with Crippen LogP contribution in [0.15, 0.2) is 59.4 Å². The Bertz CT molecular complexity index is 1370. The van der Waals surface area contributed by atoms with E-state index in [2.05, 4.69) is 45.3 Å². The topological polar surface area (TPSA) is 86.6 Å². The number of piperazine rings is 1. The number of aromatic nitrogens is 4. The Kier molecular flexibility index (Phi) is 5.37. The van der Waals surface area contributed by atoms with Crippen molar-refractivity contribution in [2.45, 2.75) is 13.3 Å². The molecule has 1 saturated heterocycles. The van der Waals surface area contributed by atoms with Gasteiger partial charge in [0.2, 0.25) is 5.91 Å². The molecule has 1 aliphatic heterocycles. The number of benzene rings is 2. The normalized spacial score (nSPS) is 14.1. The first-order valence-electron chi connectivity index (χ1n) is 10.8. The number of nitrogens with one attached hydrogen (secondary N) is 1. The smallest absolute Gasteiger partial charge is 0.290 e. The second-order valence-corrected chi connectivity index (χ2v) is 8.19. The number of halogens is 1. The summed E-state index contributed by atoms with van der Waals surface area (Å²) in [5.74, 6) is -0.0709. The predicted molar refractivity (Wildman–Crippen MR) is 123 cm³/mol. The van der Waals surface area contributed by atoms with E-state index in [0.717, 1.165) is 18.8 Å². The van der Waals surface area contributed by atoms with E-state index in [1.807, 2.05) is 11.0 Å². The highest BCUT2D eigenvalue weighted by Crippen LogP contribution is 2.20. The van der Waals surface area contributed by atoms with Crippen molar-refractivity contribution in [1.29, 1.82) is 0 Å². The summed E-state index contributed by atoms with van der Waals surface area (Å²) in [6.45, 7) is 4.79. The summed E-state index contributed by atoms with van der Waals surface area (Å²) >= 11 is 0. The number of aryl methyl sites for hydroxylation is 1. The quantitative estimate of drug-likeness (QED) is 0.520. The number of fused-ring (bicyclic) bond motifs is 1. The lowest BCUT2D eigenvalue weighted by Gasteiger charge is -2.36. The van der Waals surface area contributed by atoms with Crippen LogP contribution in [0.2, 0.25) is 0 Å². The molecule has 168 valence electrons. The van der Waals surface area contributed by atoms with Gasteiger partial charge in [-0.15, -0.1) is 0 Å². The van der Waals surface area contributed by atoms with E-state index >= 15 is 0 Å². The summed E-state index contributed by atoms with van der Waals surface area (Å²) < 4.78 is 14.7. The summed E-state index contributed by atoms with van der Waals surface area (Å²) in [5, 5.41) is 11.0. The van der Waals surface area contributed by atoms with Crippen LogP contribution in [-0.2, 0) is 11.2 Å². The van der Waals surface area contributed by atoms with Crippen LogP contribution < -0.4 is 10.5 Å². The number of aromatic amines is 1. The van der Waals surface area contributed by atoms with Crippen molar-refractivity contribution in [2.24, 2.45) is 0 Å². The molecule has 2 aromatic carbocycles. The summed E-state index contributed by atoms with van der Waals surface area (Å²) in [6, 6.07) is 15.8. The number of rotatable bonds is 4. The van der Waals surface area contributed by atoms with Gasteiger partial charge >= 0.3 is 0 Å². The number of amides is 1. The maximum absolute atomic E-state index is 13.3. The second kappa shape index (κ2) is 8.50. The lowest BCUT2D eigenvalue weighted by molar-refractivity contribution is -0.130. The molecule has 9 heteroatoms. The molecule has 33 heavy (non-hydrogen) atoms. The van der Waals surface area contributed by atoms with Crippen LogP contribution in [0.5, 0.6) is 0 Å². The molecule has 8 nitrogen and oxygen atoms in total. The summed E-state index contributed by atoms with van der Waals surface area (Å²) in [4.78, 5) is 29.4. The maximum Gasteiger partial charge on any atom is 0.290 e. The highest BCUT2D eigenvalue weighted by molar-refractivity contribution is 5.78. The molecule has 1 fully saturated rings. The Morgan fingerprint density at radius 2 is 1.82 bits per heavy atom. The molecule has 0 radical (unpaired) electrons. The molecule has 4 aromatic rings. The molecular formula is C24H23FN6O2. The second-order valence-electron chi connectivity index (χ2n) is 8.19. The van der Waals surface area contributed by atoms with Gasteiger partial charge in [-0.2, -0.15) is 10.2 Å². The SMILES string of the molecule is Cc1cccc(N2CCN(C(=O)Cc3n[nH]c(=O)c4cc(-c5ccc(F)cc5)nn34)CC2)c1. The molecule has 1 aliphatic rings. The summed E-state index contributed by atoms with van der Waals surface area (Å²) in [6.07, 6.45) is 0.0161. The van der Waals surface area contributed by atoms with Crippen LogP contribution in [0.1, 0.15) is 11.4 Å². The fourth-order valence-electron chi connectivity index (χ4n) is 4.12. The zero-order valence-corrected chi connectivity index (χ0v) is 18.2. The lowest BCUT2D eigenvalue weighted by atomic mass is 10.1. The first kappa shape index (κ1) is 20.9. The van der Waals surface area contributed by atoms with Crippen LogP contribution >= 0.6 is 0 Å². The molecule has 1 amide bonds. The number of nitrogens with zero attached hydrogens (tertiary/aromatic N) is 5. The van der Waals surface area contributed by atoms with Gasteiger partial charge in [0.1, 0.15) is 11.3 Å². The number of hydrogen-bond donors (Lipinski definition) is 1. The van der Waals surface area contributed by atoms with Crippen molar-refractivity contribution >= 4 is 17.1 Å². The Morgan fingerprint density at radius 1 is 1.06 bits per heavy atom. The fourth-order valence-corrected chi connectivity index (χ4v) is 4.12. The molecule has 1 N–H and O–H groups in total. The number of carbonyl (C=O) groups is 1. The third-order valence-electron chi connectivity index (χ3n) is 5.92. The van der Waals surface area contributed by atoms with Crippen molar-refractivity contribution in [3.63, 3.8) is 0 Å². The van der Waals surface area contributed by atoms with E-state index in [1.54, 1.807) is 18.2 Å². The van der Waals surface area contributed by atoms with E-state index in [9.17, 15) is 14.0 Å². The third kappa shape index (κ3) is 4.21. The molecule has 0 unspecified atom stereocenters. The van der Waals surface area contributed by atoms with Crippen molar-refractivity contribution < 1.29 is 9.18 Å². The van der Waals surface area contributed by atoms with Crippen LogP contribution in [-0.4, -0.2) is 56.8 Å². The van der Waals surface area contributed by atoms with E-state index in [0.29, 0.717) is 30.2 Å². The fraction of sp³-hybridized carbons (Fsp3) is 0.250. The molecule has 0 spiro atoms. The number of anilines is 1. The zero-order valence-electron chi connectivity index (χ0n) is 18.2. The Hall–Kier alpha value is -4.01. The van der Waals surface area contributed by atoms with Gasteiger partial charge in [-0.3, -0.25) is 9.59 Å². The van der Waals surface area contributed by atoms with Crippen LogP contribution in [0.25, 0.3) is 16.8 Å². The van der Waals surface area contributed by atoms with Gasteiger partial charge in [-0.05, 0) is 55.0 Å². The first-order chi connectivity index (χ1) is 16.0. The van der Waals surface area contributed by atoms with Gasteiger partial charge in [-0.1, -0.05) is 12.1 Å². The monoisotopic (exact) mass is 446 g/mol. The molecule has 3 heterocycles. The lowest BCUT2D eigenvalue weighted by Crippen LogP contribution is -2.49. The minimum absolute atomic E-state index is 0.0161. The van der Waals surface area contributed by atoms with Crippen molar-refractivity contribution in [3.8, 4) is 11.3 Å². The Balaban J connectivity index is 1.33. The number of hydrogen-bond acceptors (Lipinski definition) is 5.